The molecule has 6 nitrogen and oxygen atoms in total. The van der Waals surface area contributed by atoms with Gasteiger partial charge < -0.3 is 1.43 Å². The van der Waals surface area contributed by atoms with E-state index in [2.05, 4.69) is 0 Å². The van der Waals surface area contributed by atoms with E-state index in [1.165, 1.54) is 0 Å². The van der Waals surface area contributed by atoms with Gasteiger partial charge in [-0.3, -0.25) is 0 Å². The summed E-state index contributed by atoms with van der Waals surface area (Å²) in [5, 5.41) is 0. The second-order valence-corrected chi connectivity index (χ2v) is 0. The molecule has 0 saturated heterocycles. The Bertz CT molecular complexity index is 37.8. The van der Waals surface area contributed by atoms with Crippen molar-refractivity contribution >= 4 is 97.3 Å². The molecule has 0 aromatic rings. The van der Waals surface area contributed by atoms with Crippen LogP contribution in [-0.4, -0.2) is 97.3 Å². The minimum atomic E-state index is 0. The van der Waals surface area contributed by atoms with Gasteiger partial charge in [0, 0.05) is 0 Å². The van der Waals surface area contributed by atoms with Crippen molar-refractivity contribution < 1.29 is 75.6 Å². The fourth-order valence-electron chi connectivity index (χ4n) is 0. The summed E-state index contributed by atoms with van der Waals surface area (Å²) < 4.78 is 49.7. The molecule has 0 aliphatic carbocycles. The first-order chi connectivity index (χ1) is 6.00. The SMILES string of the molecule is [H-].[K+].[O]=[AlH].[O]=[AlH].[O]=[AlH].[O]=[AlH].[O]=[AlH].[O]=[AlH]. The van der Waals surface area contributed by atoms with Gasteiger partial charge in [0.1, 0.15) is 0 Å². The third-order valence-electron chi connectivity index (χ3n) is 0. The molecule has 13 heteroatoms. The number of hydrogen-bond donors (Lipinski definition) is 0. The first-order valence-electron chi connectivity index (χ1n) is 1.73. The van der Waals surface area contributed by atoms with Crippen molar-refractivity contribution in [2.24, 2.45) is 0 Å². The average molecular weight is 304 g/mol. The zero-order valence-electron chi connectivity index (χ0n) is 8.69. The van der Waals surface area contributed by atoms with E-state index in [1.807, 2.05) is 0 Å². The topological polar surface area (TPSA) is 102 Å². The summed E-state index contributed by atoms with van der Waals surface area (Å²) in [6.07, 6.45) is 0. The standard InChI is InChI=1S/6Al.K.6O.7H/q;;;;;;+1;;;;;;;;;;;;;-1. The molecule has 0 aromatic carbocycles. The van der Waals surface area contributed by atoms with Gasteiger partial charge in [-0.05, 0) is 0 Å². The van der Waals surface area contributed by atoms with Gasteiger partial charge in [-0.1, -0.05) is 0 Å². The second-order valence-electron chi connectivity index (χ2n) is 0. The van der Waals surface area contributed by atoms with E-state index in [0.717, 1.165) is 0 Å². The van der Waals surface area contributed by atoms with Crippen LogP contribution in [0.5, 0.6) is 0 Å². The Hall–Kier alpha value is 3.63. The summed E-state index contributed by atoms with van der Waals surface area (Å²) in [6.45, 7) is 0. The Morgan fingerprint density at radius 3 is 0.385 bits per heavy atom. The Morgan fingerprint density at radius 1 is 0.385 bits per heavy atom. The summed E-state index contributed by atoms with van der Waals surface area (Å²) in [5.41, 5.74) is 0. The summed E-state index contributed by atoms with van der Waals surface area (Å²) in [7, 11) is 0. The molecule has 0 bridgehead atoms. The van der Waals surface area contributed by atoms with Crippen LogP contribution in [0.4, 0.5) is 0 Å². The monoisotopic (exact) mass is 304 g/mol. The molecule has 0 spiro atoms. The normalized spacial score (nSPS) is 1.38. The fraction of sp³-hybridized carbons (Fsp3) is 0. The molecular formula is H7Al6KO6. The van der Waals surface area contributed by atoms with Crippen LogP contribution in [0.3, 0.4) is 0 Å². The molecule has 0 aliphatic rings. The third-order valence-corrected chi connectivity index (χ3v) is 0. The molecule has 62 valence electrons. The van der Waals surface area contributed by atoms with Crippen molar-refractivity contribution in [1.82, 2.24) is 0 Å². The van der Waals surface area contributed by atoms with Gasteiger partial charge >= 0.3 is 172 Å². The van der Waals surface area contributed by atoms with E-state index in [-0.39, 0.29) is 52.8 Å². The summed E-state index contributed by atoms with van der Waals surface area (Å²) in [6, 6.07) is 0. The van der Waals surface area contributed by atoms with Crippen molar-refractivity contribution in [3.8, 4) is 0 Å². The minimum absolute atomic E-state index is 0. The van der Waals surface area contributed by atoms with Crippen LogP contribution in [-0.2, 0) is 22.8 Å². The predicted octanol–water partition coefficient (Wildman–Crippen LogP) is -7.49. The van der Waals surface area contributed by atoms with E-state index >= 15 is 0 Å². The Kier molecular flexibility index (Phi) is 855. The zero-order valence-corrected chi connectivity index (χ0v) is 19.3. The molecule has 0 aromatic heterocycles. The number of hydrogen-bond acceptors (Lipinski definition) is 6. The van der Waals surface area contributed by atoms with Gasteiger partial charge in [0.2, 0.25) is 0 Å². The van der Waals surface area contributed by atoms with Crippen molar-refractivity contribution in [2.45, 2.75) is 0 Å². The molecule has 0 N–H and O–H groups in total. The second kappa shape index (κ2) is 254. The molecule has 0 amide bonds. The summed E-state index contributed by atoms with van der Waals surface area (Å²) in [4.78, 5) is 0. The van der Waals surface area contributed by atoms with Gasteiger partial charge in [0.05, 0.1) is 0 Å². The molecule has 0 heterocycles. The molecule has 13 heavy (non-hydrogen) atoms. The van der Waals surface area contributed by atoms with E-state index in [0.29, 0.717) is 97.3 Å². The first kappa shape index (κ1) is 43.8. The molecule has 0 unspecified atom stereocenters. The molecule has 0 atom stereocenters. The maximum atomic E-state index is 8.28. The average Bonchev–Trinajstić information content (AvgIpc) is 2.33. The van der Waals surface area contributed by atoms with Crippen molar-refractivity contribution in [3.05, 3.63) is 0 Å². The van der Waals surface area contributed by atoms with Crippen molar-refractivity contribution in [2.75, 3.05) is 0 Å². The van der Waals surface area contributed by atoms with E-state index in [4.69, 9.17) is 22.8 Å². The summed E-state index contributed by atoms with van der Waals surface area (Å²) >= 11 is 3.67. The van der Waals surface area contributed by atoms with Crippen LogP contribution in [0.25, 0.3) is 0 Å². The van der Waals surface area contributed by atoms with Crippen LogP contribution in [0.1, 0.15) is 1.43 Å². The fourth-order valence-corrected chi connectivity index (χ4v) is 0. The molecule has 0 radical (unpaired) electrons. The van der Waals surface area contributed by atoms with Gasteiger partial charge in [-0.15, -0.1) is 0 Å². The molecular weight excluding hydrogens is 297 g/mol. The van der Waals surface area contributed by atoms with Crippen molar-refractivity contribution in [3.63, 3.8) is 0 Å². The molecule has 0 saturated carbocycles. The molecule has 0 fully saturated rings. The number of rotatable bonds is 0. The molecule has 0 rings (SSSR count). The maximum absolute atomic E-state index is 8.28. The van der Waals surface area contributed by atoms with Gasteiger partial charge in [-0.25, -0.2) is 0 Å². The quantitative estimate of drug-likeness (QED) is 0.412. The van der Waals surface area contributed by atoms with E-state index in [1.54, 1.807) is 0 Å². The predicted molar refractivity (Wildman–Crippen MR) is 48.1 cm³/mol. The van der Waals surface area contributed by atoms with Crippen LogP contribution in [0.2, 0.25) is 0 Å². The van der Waals surface area contributed by atoms with Crippen LogP contribution < -0.4 is 51.4 Å². The first-order valence-corrected chi connectivity index (χ1v) is 5.20. The third kappa shape index (κ3) is 220. The van der Waals surface area contributed by atoms with Crippen molar-refractivity contribution in [1.29, 1.82) is 0 Å². The Balaban J connectivity index is -0.00000000500. The van der Waals surface area contributed by atoms with Crippen LogP contribution >= 0.6 is 0 Å². The van der Waals surface area contributed by atoms with Crippen LogP contribution in [0.15, 0.2) is 0 Å². The van der Waals surface area contributed by atoms with Gasteiger partial charge in [-0.2, -0.15) is 0 Å². The Morgan fingerprint density at radius 2 is 0.385 bits per heavy atom. The van der Waals surface area contributed by atoms with E-state index < -0.39 is 0 Å². The van der Waals surface area contributed by atoms with Gasteiger partial charge in [0.25, 0.3) is 0 Å². The Labute approximate surface area is 169 Å². The summed E-state index contributed by atoms with van der Waals surface area (Å²) in [5.74, 6) is 0. The zero-order chi connectivity index (χ0) is 12.0. The van der Waals surface area contributed by atoms with E-state index in [9.17, 15) is 0 Å². The van der Waals surface area contributed by atoms with Crippen LogP contribution in [0, 0.1) is 0 Å². The molecule has 0 aliphatic heterocycles. The van der Waals surface area contributed by atoms with Gasteiger partial charge in [0.15, 0.2) is 0 Å².